The zero-order valence-electron chi connectivity index (χ0n) is 15.8. The van der Waals surface area contributed by atoms with Crippen LogP contribution in [0.3, 0.4) is 0 Å². The largest absolute Gasteiger partial charge is 0.493 e. The summed E-state index contributed by atoms with van der Waals surface area (Å²) in [7, 11) is 1.67. The van der Waals surface area contributed by atoms with Crippen LogP contribution >= 0.6 is 12.4 Å². The molecule has 148 valence electrons. The van der Waals surface area contributed by atoms with E-state index in [-0.39, 0.29) is 25.1 Å². The number of hydrogen-bond donors (Lipinski definition) is 2. The zero-order chi connectivity index (χ0) is 18.2. The molecule has 1 fully saturated rings. The molecule has 1 atom stereocenters. The van der Waals surface area contributed by atoms with Crippen LogP contribution in [0.4, 0.5) is 0 Å². The Morgan fingerprint density at radius 3 is 2.48 bits per heavy atom. The summed E-state index contributed by atoms with van der Waals surface area (Å²) in [6.45, 7) is 4.62. The first kappa shape index (κ1) is 21.5. The van der Waals surface area contributed by atoms with Gasteiger partial charge in [0.2, 0.25) is 0 Å². The predicted molar refractivity (Wildman–Crippen MR) is 110 cm³/mol. The molecule has 6 heteroatoms. The summed E-state index contributed by atoms with van der Waals surface area (Å²) >= 11 is 0. The number of nitrogens with zero attached hydrogens (tertiary/aromatic N) is 1. The number of piperazine rings is 1. The third-order valence-electron chi connectivity index (χ3n) is 4.80. The van der Waals surface area contributed by atoms with Gasteiger partial charge in [-0.25, -0.2) is 0 Å². The molecule has 3 rings (SSSR count). The van der Waals surface area contributed by atoms with E-state index in [0.29, 0.717) is 13.0 Å². The van der Waals surface area contributed by atoms with Crippen molar-refractivity contribution in [3.05, 3.63) is 59.7 Å². The van der Waals surface area contributed by atoms with Gasteiger partial charge in [0.05, 0.1) is 7.11 Å². The minimum absolute atomic E-state index is 0. The third-order valence-corrected chi connectivity index (χ3v) is 4.80. The minimum atomic E-state index is 0. The van der Waals surface area contributed by atoms with Crippen molar-refractivity contribution < 1.29 is 14.6 Å². The van der Waals surface area contributed by atoms with E-state index in [4.69, 9.17) is 9.47 Å². The van der Waals surface area contributed by atoms with Crippen molar-refractivity contribution in [3.8, 4) is 11.5 Å². The van der Waals surface area contributed by atoms with Crippen LogP contribution < -0.4 is 14.8 Å². The number of halogens is 1. The Hall–Kier alpha value is -1.79. The van der Waals surface area contributed by atoms with Crippen LogP contribution in [-0.2, 0) is 6.61 Å². The van der Waals surface area contributed by atoms with Crippen LogP contribution in [0.25, 0.3) is 0 Å². The number of aliphatic hydroxyl groups excluding tert-OH is 1. The molecule has 0 amide bonds. The summed E-state index contributed by atoms with van der Waals surface area (Å²) in [6, 6.07) is 16.4. The minimum Gasteiger partial charge on any atom is -0.493 e. The van der Waals surface area contributed by atoms with Gasteiger partial charge in [-0.2, -0.15) is 0 Å². The Morgan fingerprint density at radius 2 is 1.81 bits per heavy atom. The number of methoxy groups -OCH3 is 1. The number of hydrogen-bond acceptors (Lipinski definition) is 5. The third kappa shape index (κ3) is 5.84. The van der Waals surface area contributed by atoms with E-state index in [1.165, 1.54) is 0 Å². The molecule has 5 nitrogen and oxygen atoms in total. The fourth-order valence-corrected chi connectivity index (χ4v) is 3.42. The second kappa shape index (κ2) is 11.1. The number of ether oxygens (including phenoxy) is 2. The van der Waals surface area contributed by atoms with Crippen LogP contribution in [0.5, 0.6) is 11.5 Å². The number of benzene rings is 2. The molecule has 1 saturated heterocycles. The Labute approximate surface area is 167 Å². The molecule has 0 aromatic heterocycles. The van der Waals surface area contributed by atoms with E-state index in [1.807, 2.05) is 42.5 Å². The molecule has 0 radical (unpaired) electrons. The topological polar surface area (TPSA) is 54.0 Å². The van der Waals surface area contributed by atoms with Crippen LogP contribution in [0.1, 0.15) is 23.6 Å². The van der Waals surface area contributed by atoms with Crippen molar-refractivity contribution in [2.45, 2.75) is 19.1 Å². The molecule has 0 saturated carbocycles. The quantitative estimate of drug-likeness (QED) is 0.723. The lowest BCUT2D eigenvalue weighted by molar-refractivity contribution is 0.141. The second-order valence-corrected chi connectivity index (χ2v) is 6.50. The van der Waals surface area contributed by atoms with Gasteiger partial charge in [0.25, 0.3) is 0 Å². The molecular weight excluding hydrogens is 364 g/mol. The second-order valence-electron chi connectivity index (χ2n) is 6.50. The molecule has 2 N–H and O–H groups in total. The van der Waals surface area contributed by atoms with E-state index in [0.717, 1.165) is 48.8 Å². The van der Waals surface area contributed by atoms with Crippen molar-refractivity contribution in [1.29, 1.82) is 0 Å². The van der Waals surface area contributed by atoms with Crippen molar-refractivity contribution >= 4 is 12.4 Å². The van der Waals surface area contributed by atoms with Gasteiger partial charge in [0, 0.05) is 38.8 Å². The highest BCUT2D eigenvalue weighted by molar-refractivity contribution is 5.85. The summed E-state index contributed by atoms with van der Waals surface area (Å²) in [5, 5.41) is 12.9. The van der Waals surface area contributed by atoms with Gasteiger partial charge in [-0.3, -0.25) is 4.90 Å². The Morgan fingerprint density at radius 1 is 1.07 bits per heavy atom. The van der Waals surface area contributed by atoms with Crippen molar-refractivity contribution in [2.24, 2.45) is 0 Å². The monoisotopic (exact) mass is 392 g/mol. The van der Waals surface area contributed by atoms with Crippen molar-refractivity contribution in [1.82, 2.24) is 10.2 Å². The molecule has 27 heavy (non-hydrogen) atoms. The summed E-state index contributed by atoms with van der Waals surface area (Å²) in [5.41, 5.74) is 2.28. The van der Waals surface area contributed by atoms with Crippen LogP contribution in [0, 0.1) is 0 Å². The average molecular weight is 393 g/mol. The van der Waals surface area contributed by atoms with Crippen LogP contribution in [0.15, 0.2) is 48.5 Å². The molecule has 1 aliphatic rings. The summed E-state index contributed by atoms with van der Waals surface area (Å²) in [5.74, 6) is 1.47. The van der Waals surface area contributed by atoms with E-state index >= 15 is 0 Å². The van der Waals surface area contributed by atoms with Crippen molar-refractivity contribution in [2.75, 3.05) is 39.9 Å². The first-order chi connectivity index (χ1) is 12.8. The standard InChI is InChI=1S/C21H28N2O3.ClH/c1-25-21-15-18(19(9-14-24)23-12-10-22-11-13-23)7-8-20(21)26-16-17-5-3-2-4-6-17;/h2-8,15,19,22,24H,9-14,16H2,1H3;1H/t19-;/m0./s1. The molecule has 2 aromatic carbocycles. The normalized spacial score (nSPS) is 15.6. The van der Waals surface area contributed by atoms with Gasteiger partial charge in [-0.15, -0.1) is 12.4 Å². The fraction of sp³-hybridized carbons (Fsp3) is 0.429. The molecular formula is C21H29ClN2O3. The average Bonchev–Trinajstić information content (AvgIpc) is 2.72. The van der Waals surface area contributed by atoms with E-state index < -0.39 is 0 Å². The van der Waals surface area contributed by atoms with Gasteiger partial charge < -0.3 is 19.9 Å². The lowest BCUT2D eigenvalue weighted by Gasteiger charge is -2.35. The Bertz CT molecular complexity index is 678. The van der Waals surface area contributed by atoms with Gasteiger partial charge in [-0.1, -0.05) is 36.4 Å². The van der Waals surface area contributed by atoms with Gasteiger partial charge in [-0.05, 0) is 29.7 Å². The highest BCUT2D eigenvalue weighted by Gasteiger charge is 2.23. The molecule has 2 aromatic rings. The highest BCUT2D eigenvalue weighted by atomic mass is 35.5. The lowest BCUT2D eigenvalue weighted by atomic mass is 10.0. The van der Waals surface area contributed by atoms with Crippen LogP contribution in [0.2, 0.25) is 0 Å². The van der Waals surface area contributed by atoms with Gasteiger partial charge >= 0.3 is 0 Å². The highest BCUT2D eigenvalue weighted by Crippen LogP contribution is 2.34. The maximum atomic E-state index is 9.52. The zero-order valence-corrected chi connectivity index (χ0v) is 16.6. The fourth-order valence-electron chi connectivity index (χ4n) is 3.42. The van der Waals surface area contributed by atoms with E-state index in [2.05, 4.69) is 16.3 Å². The lowest BCUT2D eigenvalue weighted by Crippen LogP contribution is -2.45. The first-order valence-corrected chi connectivity index (χ1v) is 9.22. The van der Waals surface area contributed by atoms with E-state index in [1.54, 1.807) is 7.11 Å². The molecule has 0 aliphatic carbocycles. The maximum absolute atomic E-state index is 9.52. The summed E-state index contributed by atoms with van der Waals surface area (Å²) < 4.78 is 11.5. The summed E-state index contributed by atoms with van der Waals surface area (Å²) in [4.78, 5) is 2.42. The molecule has 1 heterocycles. The maximum Gasteiger partial charge on any atom is 0.161 e. The molecule has 0 spiro atoms. The number of rotatable bonds is 8. The SMILES string of the molecule is COc1cc([C@H](CCO)N2CCNCC2)ccc1OCc1ccccc1.Cl. The Kier molecular flexibility index (Phi) is 8.88. The summed E-state index contributed by atoms with van der Waals surface area (Å²) in [6.07, 6.45) is 0.716. The Balaban J connectivity index is 0.00000261. The number of nitrogens with one attached hydrogen (secondary N) is 1. The smallest absolute Gasteiger partial charge is 0.161 e. The predicted octanol–water partition coefficient (Wildman–Crippen LogP) is 3.02. The van der Waals surface area contributed by atoms with Crippen LogP contribution in [-0.4, -0.2) is 49.9 Å². The number of aliphatic hydroxyl groups is 1. The van der Waals surface area contributed by atoms with Crippen molar-refractivity contribution in [3.63, 3.8) is 0 Å². The molecule has 0 bridgehead atoms. The molecule has 0 unspecified atom stereocenters. The van der Waals surface area contributed by atoms with E-state index in [9.17, 15) is 5.11 Å². The van der Waals surface area contributed by atoms with Gasteiger partial charge in [0.1, 0.15) is 6.61 Å². The first-order valence-electron chi connectivity index (χ1n) is 9.22. The molecule has 1 aliphatic heterocycles. The van der Waals surface area contributed by atoms with Gasteiger partial charge in [0.15, 0.2) is 11.5 Å².